The Kier molecular flexibility index (Phi) is 8.95. The SMILES string of the molecule is c1ccc(-c2ccc(N(c3ccc(-c4cccc(-c5ccc6ccccc6c5)c4)cc3)c3cc(-c4cccc5ccccc45)ccc3-c3ccccc3)cc2)cc1. The number of anilines is 3. The van der Waals surface area contributed by atoms with Gasteiger partial charge in [0.15, 0.2) is 0 Å². The van der Waals surface area contributed by atoms with Crippen LogP contribution >= 0.6 is 0 Å². The maximum absolute atomic E-state index is 2.42. The van der Waals surface area contributed by atoms with E-state index in [2.05, 4.69) is 241 Å². The van der Waals surface area contributed by atoms with E-state index in [0.717, 1.165) is 17.1 Å². The normalized spacial score (nSPS) is 11.2. The van der Waals surface area contributed by atoms with E-state index in [4.69, 9.17) is 0 Å². The molecule has 0 amide bonds. The van der Waals surface area contributed by atoms with E-state index >= 15 is 0 Å². The zero-order valence-corrected chi connectivity index (χ0v) is 31.5. The largest absolute Gasteiger partial charge is 0.310 e. The van der Waals surface area contributed by atoms with Gasteiger partial charge in [-0.3, -0.25) is 0 Å². The first kappa shape index (κ1) is 34.0. The Morgan fingerprint density at radius 3 is 1.42 bits per heavy atom. The second kappa shape index (κ2) is 15.0. The van der Waals surface area contributed by atoms with Gasteiger partial charge in [-0.1, -0.05) is 194 Å². The van der Waals surface area contributed by atoms with Crippen LogP contribution in [0.3, 0.4) is 0 Å². The van der Waals surface area contributed by atoms with Gasteiger partial charge in [-0.05, 0) is 114 Å². The first-order valence-electron chi connectivity index (χ1n) is 19.6. The van der Waals surface area contributed by atoms with Crippen LogP contribution < -0.4 is 4.90 Å². The van der Waals surface area contributed by atoms with Crippen molar-refractivity contribution in [1.82, 2.24) is 0 Å². The van der Waals surface area contributed by atoms with Gasteiger partial charge in [0, 0.05) is 16.9 Å². The van der Waals surface area contributed by atoms with Crippen molar-refractivity contribution in [2.24, 2.45) is 0 Å². The third kappa shape index (κ3) is 6.77. The maximum atomic E-state index is 2.42. The molecule has 10 rings (SSSR count). The lowest BCUT2D eigenvalue weighted by Gasteiger charge is -2.29. The van der Waals surface area contributed by atoms with Gasteiger partial charge in [0.05, 0.1) is 5.69 Å². The molecule has 0 spiro atoms. The Morgan fingerprint density at radius 1 is 0.228 bits per heavy atom. The summed E-state index contributed by atoms with van der Waals surface area (Å²) in [6.45, 7) is 0. The topological polar surface area (TPSA) is 3.24 Å². The van der Waals surface area contributed by atoms with Crippen molar-refractivity contribution in [3.8, 4) is 55.6 Å². The number of rotatable bonds is 8. The van der Waals surface area contributed by atoms with Crippen LogP contribution in [-0.4, -0.2) is 0 Å². The summed E-state index contributed by atoms with van der Waals surface area (Å²) in [6.07, 6.45) is 0. The lowest BCUT2D eigenvalue weighted by Crippen LogP contribution is -2.11. The zero-order valence-electron chi connectivity index (χ0n) is 31.5. The van der Waals surface area contributed by atoms with Crippen LogP contribution in [0.1, 0.15) is 0 Å². The van der Waals surface area contributed by atoms with Crippen LogP contribution in [0.25, 0.3) is 77.2 Å². The fraction of sp³-hybridized carbons (Fsp3) is 0. The first-order chi connectivity index (χ1) is 28.2. The van der Waals surface area contributed by atoms with Crippen molar-refractivity contribution in [3.63, 3.8) is 0 Å². The molecule has 1 heteroatoms. The van der Waals surface area contributed by atoms with Gasteiger partial charge in [0.2, 0.25) is 0 Å². The van der Waals surface area contributed by atoms with E-state index < -0.39 is 0 Å². The molecular formula is C56H39N. The summed E-state index contributed by atoms with van der Waals surface area (Å²) < 4.78 is 0. The standard InChI is InChI=1S/C56H39N/c1-3-13-40(14-4-1)42-27-32-51(33-28-42)57(52-34-29-43(30-35-52)47-21-11-22-48(37-47)49-26-25-41-15-7-8-19-46(41)38-49)56-39-50(31-36-55(56)45-16-5-2-6-17-45)54-24-12-20-44-18-9-10-23-53(44)54/h1-39H. The number of hydrogen-bond donors (Lipinski definition) is 0. The van der Waals surface area contributed by atoms with E-state index in [-0.39, 0.29) is 0 Å². The van der Waals surface area contributed by atoms with Crippen molar-refractivity contribution in [3.05, 3.63) is 237 Å². The molecule has 0 fully saturated rings. The van der Waals surface area contributed by atoms with E-state index in [9.17, 15) is 0 Å². The van der Waals surface area contributed by atoms with Gasteiger partial charge in [-0.25, -0.2) is 0 Å². The average molecular weight is 726 g/mol. The summed E-state index contributed by atoms with van der Waals surface area (Å²) in [5.74, 6) is 0. The van der Waals surface area contributed by atoms with Gasteiger partial charge in [-0.2, -0.15) is 0 Å². The van der Waals surface area contributed by atoms with Crippen molar-refractivity contribution in [1.29, 1.82) is 0 Å². The summed E-state index contributed by atoms with van der Waals surface area (Å²) >= 11 is 0. The van der Waals surface area contributed by atoms with Gasteiger partial charge in [0.25, 0.3) is 0 Å². The molecule has 0 N–H and O–H groups in total. The highest BCUT2D eigenvalue weighted by molar-refractivity contribution is 5.99. The highest BCUT2D eigenvalue weighted by atomic mass is 15.1. The van der Waals surface area contributed by atoms with Crippen LogP contribution in [0.5, 0.6) is 0 Å². The lowest BCUT2D eigenvalue weighted by atomic mass is 9.94. The molecule has 0 unspecified atom stereocenters. The number of fused-ring (bicyclic) bond motifs is 2. The summed E-state index contributed by atoms with van der Waals surface area (Å²) in [5, 5.41) is 4.98. The molecule has 0 aliphatic rings. The highest BCUT2D eigenvalue weighted by Gasteiger charge is 2.20. The Balaban J connectivity index is 1.11. The fourth-order valence-corrected chi connectivity index (χ4v) is 8.13. The molecule has 0 saturated heterocycles. The van der Waals surface area contributed by atoms with Gasteiger partial charge in [0.1, 0.15) is 0 Å². The second-order valence-corrected chi connectivity index (χ2v) is 14.6. The molecule has 0 aromatic heterocycles. The van der Waals surface area contributed by atoms with Crippen molar-refractivity contribution in [2.45, 2.75) is 0 Å². The molecule has 10 aromatic rings. The monoisotopic (exact) mass is 725 g/mol. The number of nitrogens with zero attached hydrogens (tertiary/aromatic N) is 1. The van der Waals surface area contributed by atoms with Gasteiger partial charge < -0.3 is 4.90 Å². The summed E-state index contributed by atoms with van der Waals surface area (Å²) in [7, 11) is 0. The van der Waals surface area contributed by atoms with Gasteiger partial charge >= 0.3 is 0 Å². The third-order valence-electron chi connectivity index (χ3n) is 11.1. The minimum Gasteiger partial charge on any atom is -0.310 e. The van der Waals surface area contributed by atoms with E-state index in [1.54, 1.807) is 0 Å². The summed E-state index contributed by atoms with van der Waals surface area (Å²) in [5.41, 5.74) is 15.2. The van der Waals surface area contributed by atoms with Crippen LogP contribution in [0.4, 0.5) is 17.1 Å². The quantitative estimate of drug-likeness (QED) is 0.151. The second-order valence-electron chi connectivity index (χ2n) is 14.6. The van der Waals surface area contributed by atoms with Gasteiger partial charge in [-0.15, -0.1) is 0 Å². The van der Waals surface area contributed by atoms with Crippen LogP contribution in [0, 0.1) is 0 Å². The Bertz CT molecular complexity index is 2980. The molecule has 1 nitrogen and oxygen atoms in total. The lowest BCUT2D eigenvalue weighted by molar-refractivity contribution is 1.28. The van der Waals surface area contributed by atoms with E-state index in [1.807, 2.05) is 0 Å². The highest BCUT2D eigenvalue weighted by Crippen LogP contribution is 2.44. The predicted molar refractivity (Wildman–Crippen MR) is 243 cm³/mol. The first-order valence-corrected chi connectivity index (χ1v) is 19.6. The molecule has 0 bridgehead atoms. The fourth-order valence-electron chi connectivity index (χ4n) is 8.13. The number of hydrogen-bond acceptors (Lipinski definition) is 1. The van der Waals surface area contributed by atoms with Crippen LogP contribution in [0.15, 0.2) is 237 Å². The molecule has 0 aliphatic heterocycles. The van der Waals surface area contributed by atoms with Crippen molar-refractivity contribution >= 4 is 38.6 Å². The van der Waals surface area contributed by atoms with Crippen LogP contribution in [0.2, 0.25) is 0 Å². The Morgan fingerprint density at radius 2 is 0.702 bits per heavy atom. The molecule has 0 radical (unpaired) electrons. The van der Waals surface area contributed by atoms with E-state index in [1.165, 1.54) is 77.2 Å². The van der Waals surface area contributed by atoms with Crippen molar-refractivity contribution < 1.29 is 0 Å². The minimum atomic E-state index is 1.09. The summed E-state index contributed by atoms with van der Waals surface area (Å²) in [4.78, 5) is 2.42. The molecular weight excluding hydrogens is 687 g/mol. The molecule has 0 aliphatic carbocycles. The molecule has 57 heavy (non-hydrogen) atoms. The summed E-state index contributed by atoms with van der Waals surface area (Å²) in [6, 6.07) is 85.7. The maximum Gasteiger partial charge on any atom is 0.0546 e. The Hall–Kier alpha value is -7.48. The smallest absolute Gasteiger partial charge is 0.0546 e. The van der Waals surface area contributed by atoms with Crippen LogP contribution in [-0.2, 0) is 0 Å². The average Bonchev–Trinajstić information content (AvgIpc) is 3.30. The molecule has 268 valence electrons. The van der Waals surface area contributed by atoms with E-state index in [0.29, 0.717) is 0 Å². The zero-order chi connectivity index (χ0) is 38.0. The van der Waals surface area contributed by atoms with Crippen molar-refractivity contribution in [2.75, 3.05) is 4.90 Å². The Labute approximate surface area is 334 Å². The minimum absolute atomic E-state index is 1.09. The molecule has 10 aromatic carbocycles. The predicted octanol–water partition coefficient (Wildman–Crippen LogP) is 15.8. The number of benzene rings is 10. The molecule has 0 heterocycles. The third-order valence-corrected chi connectivity index (χ3v) is 11.1. The molecule has 0 atom stereocenters. The molecule has 0 saturated carbocycles.